The van der Waals surface area contributed by atoms with Crippen LogP contribution in [0.5, 0.6) is 0 Å². The van der Waals surface area contributed by atoms with Crippen molar-refractivity contribution in [3.63, 3.8) is 0 Å². The highest BCUT2D eigenvalue weighted by Crippen LogP contribution is 2.24. The highest BCUT2D eigenvalue weighted by atomic mass is 35.5. The van der Waals surface area contributed by atoms with Crippen LogP contribution in [0, 0.1) is 0 Å². The van der Waals surface area contributed by atoms with Crippen LogP contribution >= 0.6 is 11.6 Å². The number of para-hydroxylation sites is 1. The molecular weight excluding hydrogens is 390 g/mol. The molecule has 2 aromatic carbocycles. The Kier molecular flexibility index (Phi) is 6.81. The maximum atomic E-state index is 12.2. The first-order chi connectivity index (χ1) is 12.7. The van der Waals surface area contributed by atoms with Crippen molar-refractivity contribution in [3.8, 4) is 0 Å². The molecule has 0 atom stereocenters. The van der Waals surface area contributed by atoms with Gasteiger partial charge in [-0.25, -0.2) is 8.42 Å². The summed E-state index contributed by atoms with van der Waals surface area (Å²) in [6.07, 6.45) is 1.75. The fourth-order valence-electron chi connectivity index (χ4n) is 2.35. The number of rotatable bonds is 7. The fraction of sp³-hybridized carbons (Fsp3) is 0.222. The zero-order valence-electron chi connectivity index (χ0n) is 14.9. The first-order valence-electron chi connectivity index (χ1n) is 8.13. The summed E-state index contributed by atoms with van der Waals surface area (Å²) in [7, 11) is -3.54. The molecule has 0 unspecified atom stereocenters. The number of hydrogen-bond donors (Lipinski definition) is 3. The second-order valence-corrected chi connectivity index (χ2v) is 7.97. The number of benzene rings is 2. The van der Waals surface area contributed by atoms with Gasteiger partial charge >= 0.3 is 0 Å². The SMILES string of the molecule is CCc1ccccc1NC(=O)CNC(=O)c1ccc(Cl)c(NS(C)(=O)=O)c1. The van der Waals surface area contributed by atoms with Crippen molar-refractivity contribution in [2.45, 2.75) is 13.3 Å². The molecule has 0 heterocycles. The molecule has 0 radical (unpaired) electrons. The third kappa shape index (κ3) is 6.26. The molecule has 2 aromatic rings. The first kappa shape index (κ1) is 20.7. The van der Waals surface area contributed by atoms with Crippen LogP contribution in [0.2, 0.25) is 5.02 Å². The molecule has 2 amide bonds. The second kappa shape index (κ2) is 8.88. The average molecular weight is 410 g/mol. The zero-order chi connectivity index (χ0) is 20.0. The van der Waals surface area contributed by atoms with Gasteiger partial charge in [0.1, 0.15) is 0 Å². The van der Waals surface area contributed by atoms with E-state index in [0.29, 0.717) is 5.69 Å². The van der Waals surface area contributed by atoms with Gasteiger partial charge in [-0.2, -0.15) is 0 Å². The summed E-state index contributed by atoms with van der Waals surface area (Å²) in [5, 5.41) is 5.41. The smallest absolute Gasteiger partial charge is 0.251 e. The van der Waals surface area contributed by atoms with Gasteiger partial charge in [-0.05, 0) is 36.2 Å². The van der Waals surface area contributed by atoms with Crippen molar-refractivity contribution in [3.05, 3.63) is 58.6 Å². The Morgan fingerprint density at radius 3 is 2.44 bits per heavy atom. The van der Waals surface area contributed by atoms with Crippen LogP contribution in [-0.4, -0.2) is 33.0 Å². The van der Waals surface area contributed by atoms with Crippen LogP contribution < -0.4 is 15.4 Å². The molecule has 0 saturated heterocycles. The molecule has 9 heteroatoms. The highest BCUT2D eigenvalue weighted by Gasteiger charge is 2.13. The molecular formula is C18H20ClN3O4S. The van der Waals surface area contributed by atoms with E-state index >= 15 is 0 Å². The summed E-state index contributed by atoms with van der Waals surface area (Å²) in [6, 6.07) is 11.6. The quantitative estimate of drug-likeness (QED) is 0.653. The van der Waals surface area contributed by atoms with E-state index < -0.39 is 15.9 Å². The molecule has 0 aliphatic carbocycles. The van der Waals surface area contributed by atoms with E-state index in [1.165, 1.54) is 18.2 Å². The Labute approximate surface area is 163 Å². The second-order valence-electron chi connectivity index (χ2n) is 5.81. The largest absolute Gasteiger partial charge is 0.343 e. The molecule has 3 N–H and O–H groups in total. The van der Waals surface area contributed by atoms with Crippen molar-refractivity contribution in [2.75, 3.05) is 22.8 Å². The van der Waals surface area contributed by atoms with Crippen LogP contribution in [0.1, 0.15) is 22.8 Å². The number of sulfonamides is 1. The van der Waals surface area contributed by atoms with Gasteiger partial charge in [0.2, 0.25) is 15.9 Å². The lowest BCUT2D eigenvalue weighted by Crippen LogP contribution is -2.33. The summed E-state index contributed by atoms with van der Waals surface area (Å²) < 4.78 is 24.9. The van der Waals surface area contributed by atoms with Crippen molar-refractivity contribution in [1.82, 2.24) is 5.32 Å². The van der Waals surface area contributed by atoms with Crippen molar-refractivity contribution >= 4 is 44.8 Å². The Balaban J connectivity index is 2.01. The first-order valence-corrected chi connectivity index (χ1v) is 10.4. The summed E-state index contributed by atoms with van der Waals surface area (Å²) in [5.74, 6) is -0.894. The number of aryl methyl sites for hydroxylation is 1. The van der Waals surface area contributed by atoms with Crippen LogP contribution in [0.4, 0.5) is 11.4 Å². The molecule has 0 aliphatic heterocycles. The van der Waals surface area contributed by atoms with E-state index in [4.69, 9.17) is 11.6 Å². The summed E-state index contributed by atoms with van der Waals surface area (Å²) >= 11 is 5.93. The Morgan fingerprint density at radius 2 is 1.78 bits per heavy atom. The standard InChI is InChI=1S/C18H20ClN3O4S/c1-3-12-6-4-5-7-15(12)21-17(23)11-20-18(24)13-8-9-14(19)16(10-13)22-27(2,25)26/h4-10,22H,3,11H2,1-2H3,(H,20,24)(H,21,23). The molecule has 0 bridgehead atoms. The number of halogens is 1. The normalized spacial score (nSPS) is 10.9. The van der Waals surface area contributed by atoms with Gasteiger partial charge in [-0.3, -0.25) is 14.3 Å². The van der Waals surface area contributed by atoms with Crippen molar-refractivity contribution in [2.24, 2.45) is 0 Å². The van der Waals surface area contributed by atoms with Gasteiger partial charge in [-0.1, -0.05) is 36.7 Å². The molecule has 144 valence electrons. The lowest BCUT2D eigenvalue weighted by molar-refractivity contribution is -0.115. The predicted molar refractivity (Wildman–Crippen MR) is 107 cm³/mol. The summed E-state index contributed by atoms with van der Waals surface area (Å²) in [5.41, 5.74) is 1.96. The van der Waals surface area contributed by atoms with Crippen molar-refractivity contribution in [1.29, 1.82) is 0 Å². The molecule has 0 saturated carbocycles. The topological polar surface area (TPSA) is 104 Å². The van der Waals surface area contributed by atoms with Crippen LogP contribution in [0.25, 0.3) is 0 Å². The minimum atomic E-state index is -3.54. The van der Waals surface area contributed by atoms with E-state index in [-0.39, 0.29) is 28.7 Å². The Hall–Kier alpha value is -2.58. The lowest BCUT2D eigenvalue weighted by Gasteiger charge is -2.11. The number of carbonyl (C=O) groups is 2. The van der Waals surface area contributed by atoms with Gasteiger partial charge in [0, 0.05) is 11.3 Å². The fourth-order valence-corrected chi connectivity index (χ4v) is 3.14. The number of amides is 2. The van der Waals surface area contributed by atoms with E-state index in [1.54, 1.807) is 6.07 Å². The minimum absolute atomic E-state index is 0.0909. The van der Waals surface area contributed by atoms with Crippen molar-refractivity contribution < 1.29 is 18.0 Å². The number of anilines is 2. The van der Waals surface area contributed by atoms with Crippen LogP contribution in [0.15, 0.2) is 42.5 Å². The third-order valence-corrected chi connectivity index (χ3v) is 4.53. The Bertz CT molecular complexity index is 961. The number of nitrogens with one attached hydrogen (secondary N) is 3. The zero-order valence-corrected chi connectivity index (χ0v) is 16.4. The molecule has 0 fully saturated rings. The third-order valence-electron chi connectivity index (χ3n) is 3.61. The molecule has 0 aliphatic rings. The monoisotopic (exact) mass is 409 g/mol. The van der Waals surface area contributed by atoms with Gasteiger partial charge in [-0.15, -0.1) is 0 Å². The summed E-state index contributed by atoms with van der Waals surface area (Å²) in [6.45, 7) is 1.75. The van der Waals surface area contributed by atoms with E-state index in [0.717, 1.165) is 18.2 Å². The van der Waals surface area contributed by atoms with Gasteiger partial charge in [0.15, 0.2) is 0 Å². The maximum absolute atomic E-state index is 12.2. The van der Waals surface area contributed by atoms with E-state index in [2.05, 4.69) is 15.4 Å². The highest BCUT2D eigenvalue weighted by molar-refractivity contribution is 7.92. The minimum Gasteiger partial charge on any atom is -0.343 e. The van der Waals surface area contributed by atoms with Crippen LogP contribution in [-0.2, 0) is 21.2 Å². The lowest BCUT2D eigenvalue weighted by atomic mass is 10.1. The molecule has 0 spiro atoms. The predicted octanol–water partition coefficient (Wildman–Crippen LogP) is 2.64. The molecule has 2 rings (SSSR count). The molecule has 0 aromatic heterocycles. The van der Waals surface area contributed by atoms with Gasteiger partial charge < -0.3 is 10.6 Å². The van der Waals surface area contributed by atoms with E-state index in [1.807, 2.05) is 25.1 Å². The van der Waals surface area contributed by atoms with Gasteiger partial charge in [0.25, 0.3) is 5.91 Å². The Morgan fingerprint density at radius 1 is 1.07 bits per heavy atom. The van der Waals surface area contributed by atoms with Crippen LogP contribution in [0.3, 0.4) is 0 Å². The summed E-state index contributed by atoms with van der Waals surface area (Å²) in [4.78, 5) is 24.3. The van der Waals surface area contributed by atoms with Gasteiger partial charge in [0.05, 0.1) is 23.5 Å². The average Bonchev–Trinajstić information content (AvgIpc) is 2.61. The molecule has 7 nitrogen and oxygen atoms in total. The van der Waals surface area contributed by atoms with E-state index in [9.17, 15) is 18.0 Å². The number of carbonyl (C=O) groups excluding carboxylic acids is 2. The maximum Gasteiger partial charge on any atom is 0.251 e. The molecule has 27 heavy (non-hydrogen) atoms. The number of hydrogen-bond acceptors (Lipinski definition) is 4.